The van der Waals surface area contributed by atoms with Crippen molar-refractivity contribution < 1.29 is 4.79 Å². The first-order valence-electron chi connectivity index (χ1n) is 7.73. The summed E-state index contributed by atoms with van der Waals surface area (Å²) in [6.45, 7) is 5.31. The normalized spacial score (nSPS) is 22.5. The summed E-state index contributed by atoms with van der Waals surface area (Å²) in [6.07, 6.45) is 4.77. The molecule has 1 heterocycles. The number of hydrogen-bond donors (Lipinski definition) is 2. The maximum absolute atomic E-state index is 12.0. The van der Waals surface area contributed by atoms with Crippen LogP contribution in [0.15, 0.2) is 24.3 Å². The molecule has 1 aliphatic heterocycles. The highest BCUT2D eigenvalue weighted by atomic mass is 16.1. The van der Waals surface area contributed by atoms with Gasteiger partial charge in [0.15, 0.2) is 0 Å². The van der Waals surface area contributed by atoms with Gasteiger partial charge in [0, 0.05) is 18.5 Å². The SMILES string of the molecule is Cc1ccc(CCCC(=O)NC2CCCNC2C)cc1. The second kappa shape index (κ2) is 7.44. The van der Waals surface area contributed by atoms with Gasteiger partial charge in [-0.05, 0) is 51.6 Å². The summed E-state index contributed by atoms with van der Waals surface area (Å²) in [6, 6.07) is 9.26. The molecule has 3 heteroatoms. The molecule has 1 fully saturated rings. The van der Waals surface area contributed by atoms with Gasteiger partial charge in [-0.15, -0.1) is 0 Å². The summed E-state index contributed by atoms with van der Waals surface area (Å²) in [5, 5.41) is 6.57. The van der Waals surface area contributed by atoms with Gasteiger partial charge in [-0.2, -0.15) is 0 Å². The zero-order chi connectivity index (χ0) is 14.4. The fourth-order valence-electron chi connectivity index (χ4n) is 2.73. The Morgan fingerprint density at radius 1 is 1.35 bits per heavy atom. The Morgan fingerprint density at radius 2 is 2.10 bits per heavy atom. The number of carbonyl (C=O) groups is 1. The molecule has 0 aromatic heterocycles. The standard InChI is InChI=1S/C17H26N2O/c1-13-8-10-15(11-9-13)5-3-7-17(20)19-16-6-4-12-18-14(16)2/h8-11,14,16,18H,3-7,12H2,1-2H3,(H,19,20). The summed E-state index contributed by atoms with van der Waals surface area (Å²) in [4.78, 5) is 12.0. The summed E-state index contributed by atoms with van der Waals surface area (Å²) in [7, 11) is 0. The summed E-state index contributed by atoms with van der Waals surface area (Å²) in [5.41, 5.74) is 2.60. The number of aryl methyl sites for hydroxylation is 2. The summed E-state index contributed by atoms with van der Waals surface area (Å²) in [5.74, 6) is 0.192. The third-order valence-corrected chi connectivity index (χ3v) is 4.10. The molecule has 2 rings (SSSR count). The Balaban J connectivity index is 1.68. The Labute approximate surface area is 122 Å². The first-order valence-corrected chi connectivity index (χ1v) is 7.73. The van der Waals surface area contributed by atoms with E-state index in [4.69, 9.17) is 0 Å². The van der Waals surface area contributed by atoms with Crippen molar-refractivity contribution in [1.29, 1.82) is 0 Å². The third kappa shape index (κ3) is 4.64. The van der Waals surface area contributed by atoms with Crippen LogP contribution in [0.1, 0.15) is 43.7 Å². The molecule has 1 aromatic carbocycles. The smallest absolute Gasteiger partial charge is 0.220 e. The number of nitrogens with one attached hydrogen (secondary N) is 2. The zero-order valence-electron chi connectivity index (χ0n) is 12.6. The number of amides is 1. The molecule has 3 nitrogen and oxygen atoms in total. The van der Waals surface area contributed by atoms with E-state index in [9.17, 15) is 4.79 Å². The van der Waals surface area contributed by atoms with Crippen LogP contribution in [0.3, 0.4) is 0 Å². The summed E-state index contributed by atoms with van der Waals surface area (Å²) >= 11 is 0. The van der Waals surface area contributed by atoms with Gasteiger partial charge >= 0.3 is 0 Å². The molecule has 0 aliphatic carbocycles. The maximum atomic E-state index is 12.0. The van der Waals surface area contributed by atoms with Crippen molar-refractivity contribution in [2.45, 2.75) is 58.0 Å². The predicted octanol–water partition coefficient (Wildman–Crippen LogP) is 2.57. The quantitative estimate of drug-likeness (QED) is 0.866. The molecule has 2 N–H and O–H groups in total. The van der Waals surface area contributed by atoms with Crippen LogP contribution in [0.2, 0.25) is 0 Å². The van der Waals surface area contributed by atoms with Crippen molar-refractivity contribution in [2.24, 2.45) is 0 Å². The monoisotopic (exact) mass is 274 g/mol. The zero-order valence-corrected chi connectivity index (χ0v) is 12.6. The lowest BCUT2D eigenvalue weighted by Crippen LogP contribution is -2.51. The minimum Gasteiger partial charge on any atom is -0.352 e. The highest BCUT2D eigenvalue weighted by Gasteiger charge is 2.21. The van der Waals surface area contributed by atoms with Crippen molar-refractivity contribution in [3.05, 3.63) is 35.4 Å². The highest BCUT2D eigenvalue weighted by Crippen LogP contribution is 2.10. The van der Waals surface area contributed by atoms with Gasteiger partial charge in [0.2, 0.25) is 5.91 Å². The van der Waals surface area contributed by atoms with Crippen LogP contribution < -0.4 is 10.6 Å². The van der Waals surface area contributed by atoms with Gasteiger partial charge in [-0.1, -0.05) is 29.8 Å². The molecule has 1 aliphatic rings. The Kier molecular flexibility index (Phi) is 5.60. The van der Waals surface area contributed by atoms with Crippen molar-refractivity contribution in [3.63, 3.8) is 0 Å². The van der Waals surface area contributed by atoms with Crippen molar-refractivity contribution in [1.82, 2.24) is 10.6 Å². The fourth-order valence-corrected chi connectivity index (χ4v) is 2.73. The maximum Gasteiger partial charge on any atom is 0.220 e. The molecule has 1 amide bonds. The average Bonchev–Trinajstić information content (AvgIpc) is 2.44. The molecule has 110 valence electrons. The van der Waals surface area contributed by atoms with E-state index in [2.05, 4.69) is 48.7 Å². The van der Waals surface area contributed by atoms with Crippen LogP contribution in [-0.4, -0.2) is 24.5 Å². The molecule has 0 bridgehead atoms. The molecule has 1 saturated heterocycles. The van der Waals surface area contributed by atoms with E-state index in [0.717, 1.165) is 32.2 Å². The van der Waals surface area contributed by atoms with E-state index in [1.165, 1.54) is 11.1 Å². The minimum atomic E-state index is 0.192. The molecule has 20 heavy (non-hydrogen) atoms. The molecule has 0 spiro atoms. The molecule has 1 aromatic rings. The first-order chi connectivity index (χ1) is 9.65. The van der Waals surface area contributed by atoms with Gasteiger partial charge in [0.25, 0.3) is 0 Å². The Bertz CT molecular complexity index is 427. The van der Waals surface area contributed by atoms with E-state index >= 15 is 0 Å². The molecule has 2 atom stereocenters. The van der Waals surface area contributed by atoms with Gasteiger partial charge in [0.1, 0.15) is 0 Å². The van der Waals surface area contributed by atoms with E-state index in [1.54, 1.807) is 0 Å². The van der Waals surface area contributed by atoms with E-state index < -0.39 is 0 Å². The predicted molar refractivity (Wildman–Crippen MR) is 82.7 cm³/mol. The molecule has 2 unspecified atom stereocenters. The van der Waals surface area contributed by atoms with Gasteiger partial charge in [-0.3, -0.25) is 4.79 Å². The largest absolute Gasteiger partial charge is 0.352 e. The van der Waals surface area contributed by atoms with Crippen molar-refractivity contribution in [2.75, 3.05) is 6.54 Å². The Morgan fingerprint density at radius 3 is 2.80 bits per heavy atom. The van der Waals surface area contributed by atoms with E-state index in [0.29, 0.717) is 18.5 Å². The summed E-state index contributed by atoms with van der Waals surface area (Å²) < 4.78 is 0. The minimum absolute atomic E-state index is 0.192. The average molecular weight is 274 g/mol. The number of hydrogen-bond acceptors (Lipinski definition) is 2. The number of benzene rings is 1. The highest BCUT2D eigenvalue weighted by molar-refractivity contribution is 5.76. The topological polar surface area (TPSA) is 41.1 Å². The van der Waals surface area contributed by atoms with Crippen molar-refractivity contribution in [3.8, 4) is 0 Å². The van der Waals surface area contributed by atoms with E-state index in [-0.39, 0.29) is 5.91 Å². The first kappa shape index (κ1) is 15.0. The van der Waals surface area contributed by atoms with Crippen LogP contribution in [0.25, 0.3) is 0 Å². The second-order valence-corrected chi connectivity index (χ2v) is 5.90. The Hall–Kier alpha value is -1.35. The molecule has 0 radical (unpaired) electrons. The van der Waals surface area contributed by atoms with Crippen molar-refractivity contribution >= 4 is 5.91 Å². The molecular formula is C17H26N2O. The van der Waals surface area contributed by atoms with Crippen LogP contribution in [-0.2, 0) is 11.2 Å². The number of carbonyl (C=O) groups excluding carboxylic acids is 1. The third-order valence-electron chi connectivity index (χ3n) is 4.10. The molecule has 0 saturated carbocycles. The number of piperidine rings is 1. The lowest BCUT2D eigenvalue weighted by molar-refractivity contribution is -0.122. The number of rotatable bonds is 5. The second-order valence-electron chi connectivity index (χ2n) is 5.90. The lowest BCUT2D eigenvalue weighted by Gasteiger charge is -2.30. The van der Waals surface area contributed by atoms with Crippen LogP contribution in [0.5, 0.6) is 0 Å². The molecular weight excluding hydrogens is 248 g/mol. The van der Waals surface area contributed by atoms with Gasteiger partial charge < -0.3 is 10.6 Å². The van der Waals surface area contributed by atoms with Gasteiger partial charge in [-0.25, -0.2) is 0 Å². The van der Waals surface area contributed by atoms with Gasteiger partial charge in [0.05, 0.1) is 0 Å². The van der Waals surface area contributed by atoms with Crippen LogP contribution in [0.4, 0.5) is 0 Å². The fraction of sp³-hybridized carbons (Fsp3) is 0.588. The lowest BCUT2D eigenvalue weighted by atomic mass is 9.99. The van der Waals surface area contributed by atoms with Crippen LogP contribution >= 0.6 is 0 Å². The van der Waals surface area contributed by atoms with E-state index in [1.807, 2.05) is 0 Å². The van der Waals surface area contributed by atoms with Crippen LogP contribution in [0, 0.1) is 6.92 Å².